The molecule has 0 aliphatic carbocycles. The molecule has 0 unspecified atom stereocenters. The summed E-state index contributed by atoms with van der Waals surface area (Å²) in [6, 6.07) is 11.6. The van der Waals surface area contributed by atoms with Crippen LogP contribution in [0.5, 0.6) is 5.88 Å². The molecule has 0 fully saturated rings. The van der Waals surface area contributed by atoms with E-state index in [-0.39, 0.29) is 0 Å². The molecule has 0 saturated heterocycles. The lowest BCUT2D eigenvalue weighted by Crippen LogP contribution is -2.26. The first-order valence-electron chi connectivity index (χ1n) is 5.90. The topological polar surface area (TPSA) is 51.4 Å². The zero-order valence-corrected chi connectivity index (χ0v) is 12.5. The Morgan fingerprint density at radius 1 is 1.26 bits per heavy atom. The summed E-state index contributed by atoms with van der Waals surface area (Å²) in [6.07, 6.45) is 0. The summed E-state index contributed by atoms with van der Waals surface area (Å²) in [5.74, 6) is 6.43. The van der Waals surface area contributed by atoms with Crippen LogP contribution in [0.1, 0.15) is 11.3 Å². The zero-order valence-electron chi connectivity index (χ0n) is 10.9. The fourth-order valence-electron chi connectivity index (χ4n) is 1.77. The van der Waals surface area contributed by atoms with Gasteiger partial charge >= 0.3 is 0 Å². The maximum Gasteiger partial charge on any atom is 0.213 e. The number of anilines is 1. The van der Waals surface area contributed by atoms with E-state index in [1.54, 1.807) is 12.1 Å². The van der Waals surface area contributed by atoms with Crippen molar-refractivity contribution in [3.8, 4) is 5.88 Å². The van der Waals surface area contributed by atoms with Gasteiger partial charge in [0.1, 0.15) is 6.61 Å². The molecule has 0 spiro atoms. The van der Waals surface area contributed by atoms with Gasteiger partial charge in [0.05, 0.1) is 5.69 Å². The van der Waals surface area contributed by atoms with Crippen molar-refractivity contribution in [3.05, 3.63) is 52.1 Å². The number of pyridine rings is 1. The van der Waals surface area contributed by atoms with Crippen LogP contribution in [0, 0.1) is 6.92 Å². The van der Waals surface area contributed by atoms with Gasteiger partial charge in [0.2, 0.25) is 5.88 Å². The number of halogens is 1. The summed E-state index contributed by atoms with van der Waals surface area (Å²) in [5, 5.41) is 1.58. The molecule has 0 radical (unpaired) electrons. The highest BCUT2D eigenvalue weighted by molar-refractivity contribution is 9.10. The Balaban J connectivity index is 2.19. The lowest BCUT2D eigenvalue weighted by Gasteiger charge is -2.18. The second-order valence-electron chi connectivity index (χ2n) is 4.25. The molecule has 4 nitrogen and oxygen atoms in total. The Morgan fingerprint density at radius 2 is 2.00 bits per heavy atom. The molecule has 0 bridgehead atoms. The molecule has 1 aromatic heterocycles. The number of nitrogens with two attached hydrogens (primary N) is 1. The Morgan fingerprint density at radius 3 is 2.68 bits per heavy atom. The first-order valence-corrected chi connectivity index (χ1v) is 6.69. The van der Waals surface area contributed by atoms with Gasteiger partial charge in [-0.05, 0) is 25.1 Å². The molecular formula is C14H16BrN3O. The van der Waals surface area contributed by atoms with Crippen molar-refractivity contribution in [1.29, 1.82) is 0 Å². The van der Waals surface area contributed by atoms with E-state index in [2.05, 4.69) is 20.9 Å². The standard InChI is InChI=1S/C14H16BrN3O/c1-10-5-3-8-14(17-10)19-9-11-12(15)6-4-7-13(11)18(2)16/h3-8H,9,16H2,1-2H3. The molecule has 5 heteroatoms. The number of hydrazine groups is 1. The molecule has 100 valence electrons. The average Bonchev–Trinajstić information content (AvgIpc) is 2.37. The smallest absolute Gasteiger partial charge is 0.213 e. The predicted octanol–water partition coefficient (Wildman–Crippen LogP) is 3.04. The third-order valence-corrected chi connectivity index (χ3v) is 3.44. The Hall–Kier alpha value is -1.59. The van der Waals surface area contributed by atoms with Gasteiger partial charge in [0, 0.05) is 28.8 Å². The number of rotatable bonds is 4. The van der Waals surface area contributed by atoms with Crippen molar-refractivity contribution < 1.29 is 4.74 Å². The fraction of sp³-hybridized carbons (Fsp3) is 0.214. The van der Waals surface area contributed by atoms with Gasteiger partial charge in [-0.2, -0.15) is 0 Å². The third-order valence-electron chi connectivity index (χ3n) is 2.70. The highest BCUT2D eigenvalue weighted by Gasteiger charge is 2.10. The molecule has 2 rings (SSSR count). The van der Waals surface area contributed by atoms with Crippen molar-refractivity contribution in [3.63, 3.8) is 0 Å². The van der Waals surface area contributed by atoms with E-state index in [0.717, 1.165) is 21.4 Å². The minimum atomic E-state index is 0.411. The van der Waals surface area contributed by atoms with Crippen LogP contribution in [-0.2, 0) is 6.61 Å². The molecule has 2 aromatic rings. The van der Waals surface area contributed by atoms with Crippen molar-refractivity contribution in [2.45, 2.75) is 13.5 Å². The monoisotopic (exact) mass is 321 g/mol. The van der Waals surface area contributed by atoms with Crippen LogP contribution in [-0.4, -0.2) is 12.0 Å². The van der Waals surface area contributed by atoms with Gasteiger partial charge in [-0.3, -0.25) is 0 Å². The van der Waals surface area contributed by atoms with Crippen molar-refractivity contribution in [2.24, 2.45) is 5.84 Å². The average molecular weight is 322 g/mol. The van der Waals surface area contributed by atoms with Gasteiger partial charge in [-0.15, -0.1) is 0 Å². The SMILES string of the molecule is Cc1cccc(OCc2c(Br)cccc2N(C)N)n1. The van der Waals surface area contributed by atoms with Crippen LogP contribution in [0.3, 0.4) is 0 Å². The highest BCUT2D eigenvalue weighted by Crippen LogP contribution is 2.27. The molecule has 0 aliphatic rings. The number of aromatic nitrogens is 1. The third kappa shape index (κ3) is 3.45. The first-order chi connectivity index (χ1) is 9.08. The molecule has 0 saturated carbocycles. The van der Waals surface area contributed by atoms with E-state index in [0.29, 0.717) is 12.5 Å². The van der Waals surface area contributed by atoms with E-state index in [1.807, 2.05) is 43.3 Å². The van der Waals surface area contributed by atoms with Gasteiger partial charge in [-0.25, -0.2) is 10.8 Å². The largest absolute Gasteiger partial charge is 0.473 e. The van der Waals surface area contributed by atoms with Gasteiger partial charge < -0.3 is 9.75 Å². The van der Waals surface area contributed by atoms with E-state index in [4.69, 9.17) is 10.6 Å². The van der Waals surface area contributed by atoms with Crippen molar-refractivity contribution in [1.82, 2.24) is 4.98 Å². The van der Waals surface area contributed by atoms with Gasteiger partial charge in [-0.1, -0.05) is 28.1 Å². The van der Waals surface area contributed by atoms with Gasteiger partial charge in [0.15, 0.2) is 0 Å². The lowest BCUT2D eigenvalue weighted by atomic mass is 10.2. The minimum absolute atomic E-state index is 0.411. The molecule has 0 aliphatic heterocycles. The second-order valence-corrected chi connectivity index (χ2v) is 5.11. The number of hydrogen-bond acceptors (Lipinski definition) is 4. The fourth-order valence-corrected chi connectivity index (χ4v) is 2.24. The van der Waals surface area contributed by atoms with Crippen LogP contribution >= 0.6 is 15.9 Å². The second kappa shape index (κ2) is 6.04. The molecule has 1 aromatic carbocycles. The minimum Gasteiger partial charge on any atom is -0.473 e. The van der Waals surface area contributed by atoms with Crippen LogP contribution in [0.15, 0.2) is 40.9 Å². The van der Waals surface area contributed by atoms with Gasteiger partial charge in [0.25, 0.3) is 0 Å². The number of ether oxygens (including phenoxy) is 1. The molecule has 2 N–H and O–H groups in total. The number of aryl methyl sites for hydroxylation is 1. The first kappa shape index (κ1) is 13.8. The maximum absolute atomic E-state index is 5.82. The summed E-state index contributed by atoms with van der Waals surface area (Å²) in [7, 11) is 1.80. The van der Waals surface area contributed by atoms with Crippen molar-refractivity contribution in [2.75, 3.05) is 12.1 Å². The van der Waals surface area contributed by atoms with Crippen molar-refractivity contribution >= 4 is 21.6 Å². The maximum atomic E-state index is 5.82. The summed E-state index contributed by atoms with van der Waals surface area (Å²) < 4.78 is 6.69. The van der Waals surface area contributed by atoms with E-state index in [9.17, 15) is 0 Å². The molecule has 0 atom stereocenters. The molecule has 1 heterocycles. The molecule has 19 heavy (non-hydrogen) atoms. The Kier molecular flexibility index (Phi) is 4.39. The van der Waals surface area contributed by atoms with Crippen LogP contribution in [0.2, 0.25) is 0 Å². The summed E-state index contributed by atoms with van der Waals surface area (Å²) in [6.45, 7) is 2.35. The number of benzene rings is 1. The van der Waals surface area contributed by atoms with E-state index in [1.165, 1.54) is 0 Å². The predicted molar refractivity (Wildman–Crippen MR) is 80.0 cm³/mol. The van der Waals surface area contributed by atoms with Crippen LogP contribution in [0.4, 0.5) is 5.69 Å². The lowest BCUT2D eigenvalue weighted by molar-refractivity contribution is 0.293. The molecular weight excluding hydrogens is 306 g/mol. The van der Waals surface area contributed by atoms with Crippen LogP contribution < -0.4 is 15.6 Å². The summed E-state index contributed by atoms with van der Waals surface area (Å²) in [4.78, 5) is 4.31. The number of hydrogen-bond donors (Lipinski definition) is 1. The zero-order chi connectivity index (χ0) is 13.8. The summed E-state index contributed by atoms with van der Waals surface area (Å²) in [5.41, 5.74) is 2.85. The Bertz CT molecular complexity index is 572. The molecule has 0 amide bonds. The quantitative estimate of drug-likeness (QED) is 0.694. The summed E-state index contributed by atoms with van der Waals surface area (Å²) >= 11 is 3.52. The highest BCUT2D eigenvalue weighted by atomic mass is 79.9. The van der Waals surface area contributed by atoms with E-state index < -0.39 is 0 Å². The van der Waals surface area contributed by atoms with E-state index >= 15 is 0 Å². The van der Waals surface area contributed by atoms with Crippen LogP contribution in [0.25, 0.3) is 0 Å². The Labute approximate surface area is 121 Å². The normalized spacial score (nSPS) is 10.3. The number of nitrogens with zero attached hydrogens (tertiary/aromatic N) is 2.